The molecule has 3 atom stereocenters. The molecule has 1 aliphatic heterocycles. The highest BCUT2D eigenvalue weighted by molar-refractivity contribution is 7.92. The monoisotopic (exact) mass is 469 g/mol. The zero-order valence-electron chi connectivity index (χ0n) is 18.9. The minimum atomic E-state index is -3.37. The van der Waals surface area contributed by atoms with Crippen molar-refractivity contribution in [2.24, 2.45) is 5.92 Å². The number of sulfonamides is 1. The van der Waals surface area contributed by atoms with Crippen molar-refractivity contribution in [2.75, 3.05) is 15.8 Å². The number of carbonyl (C=O) groups excluding carboxylic acids is 2. The second-order valence-corrected chi connectivity index (χ2v) is 10.8. The summed E-state index contributed by atoms with van der Waals surface area (Å²) in [6.07, 6.45) is 5.38. The van der Waals surface area contributed by atoms with E-state index in [2.05, 4.69) is 10.0 Å². The Morgan fingerprint density at radius 1 is 0.970 bits per heavy atom. The number of nitrogens with one attached hydrogen (secondary N) is 2. The third-order valence-electron chi connectivity index (χ3n) is 6.54. The molecule has 0 aromatic heterocycles. The topological polar surface area (TPSA) is 95.6 Å². The van der Waals surface area contributed by atoms with Crippen LogP contribution >= 0.6 is 0 Å². The van der Waals surface area contributed by atoms with Crippen LogP contribution in [0, 0.1) is 5.92 Å². The van der Waals surface area contributed by atoms with Gasteiger partial charge < -0.3 is 10.2 Å². The number of benzene rings is 2. The molecule has 1 saturated heterocycles. The lowest BCUT2D eigenvalue weighted by Gasteiger charge is -2.33. The van der Waals surface area contributed by atoms with Gasteiger partial charge in [0, 0.05) is 23.0 Å². The summed E-state index contributed by atoms with van der Waals surface area (Å²) in [4.78, 5) is 28.5. The average Bonchev–Trinajstić information content (AvgIpc) is 3.20. The fraction of sp³-hybridized carbons (Fsp3) is 0.440. The van der Waals surface area contributed by atoms with E-state index in [1.807, 2.05) is 30.0 Å². The quantitative estimate of drug-likeness (QED) is 0.634. The molecule has 7 nitrogen and oxygen atoms in total. The highest BCUT2D eigenvalue weighted by Gasteiger charge is 2.47. The molecule has 1 aliphatic carbocycles. The number of nitrogens with zero attached hydrogens (tertiary/aromatic N) is 1. The maximum Gasteiger partial charge on any atom is 0.254 e. The number of amides is 2. The molecule has 3 unspecified atom stereocenters. The largest absolute Gasteiger partial charge is 0.324 e. The van der Waals surface area contributed by atoms with E-state index in [1.165, 1.54) is 0 Å². The molecule has 2 aromatic rings. The average molecular weight is 470 g/mol. The van der Waals surface area contributed by atoms with E-state index in [9.17, 15) is 18.0 Å². The highest BCUT2D eigenvalue weighted by atomic mass is 32.2. The highest BCUT2D eigenvalue weighted by Crippen LogP contribution is 2.40. The van der Waals surface area contributed by atoms with Crippen LogP contribution in [0.1, 0.15) is 55.8 Å². The molecule has 2 amide bonds. The van der Waals surface area contributed by atoms with Crippen LogP contribution in [0.3, 0.4) is 0 Å². The van der Waals surface area contributed by atoms with Gasteiger partial charge in [-0.15, -0.1) is 0 Å². The number of hydrogen-bond donors (Lipinski definition) is 2. The van der Waals surface area contributed by atoms with Gasteiger partial charge in [-0.2, -0.15) is 0 Å². The van der Waals surface area contributed by atoms with Crippen molar-refractivity contribution in [2.45, 2.75) is 57.5 Å². The van der Waals surface area contributed by atoms with Crippen molar-refractivity contribution in [1.29, 1.82) is 0 Å². The SMILES string of the molecule is CCCS(=O)(=O)Nc1ccc(NC(=O)C2CC3CCCCC3N2C(=O)c2ccccc2)cc1. The van der Waals surface area contributed by atoms with Crippen LogP contribution in [-0.4, -0.2) is 43.0 Å². The summed E-state index contributed by atoms with van der Waals surface area (Å²) in [5.74, 6) is 0.108. The Morgan fingerprint density at radius 3 is 2.33 bits per heavy atom. The molecule has 8 heteroatoms. The van der Waals surface area contributed by atoms with Crippen LogP contribution in [0.4, 0.5) is 11.4 Å². The zero-order chi connectivity index (χ0) is 23.4. The van der Waals surface area contributed by atoms with E-state index < -0.39 is 16.1 Å². The Labute approximate surface area is 195 Å². The Morgan fingerprint density at radius 2 is 1.64 bits per heavy atom. The Bertz CT molecular complexity index is 1090. The molecular formula is C25H31N3O4S. The third-order valence-corrected chi connectivity index (χ3v) is 8.04. The van der Waals surface area contributed by atoms with Crippen molar-refractivity contribution >= 4 is 33.2 Å². The number of hydrogen-bond acceptors (Lipinski definition) is 4. The van der Waals surface area contributed by atoms with Crippen molar-refractivity contribution in [3.63, 3.8) is 0 Å². The van der Waals surface area contributed by atoms with E-state index >= 15 is 0 Å². The van der Waals surface area contributed by atoms with Gasteiger partial charge >= 0.3 is 0 Å². The molecule has 1 heterocycles. The van der Waals surface area contributed by atoms with Gasteiger partial charge in [0.2, 0.25) is 15.9 Å². The summed E-state index contributed by atoms with van der Waals surface area (Å²) in [5, 5.41) is 2.94. The zero-order valence-corrected chi connectivity index (χ0v) is 19.7. The fourth-order valence-corrected chi connectivity index (χ4v) is 6.20. The number of rotatable bonds is 7. The first-order valence-electron chi connectivity index (χ1n) is 11.7. The second-order valence-electron chi connectivity index (χ2n) is 8.93. The molecular weight excluding hydrogens is 438 g/mol. The molecule has 1 saturated carbocycles. The van der Waals surface area contributed by atoms with Crippen LogP contribution in [0.2, 0.25) is 0 Å². The molecule has 2 fully saturated rings. The molecule has 0 spiro atoms. The second kappa shape index (κ2) is 9.95. The molecule has 4 rings (SSSR count). The Balaban J connectivity index is 1.49. The van der Waals surface area contributed by atoms with Crippen LogP contribution in [0.15, 0.2) is 54.6 Å². The van der Waals surface area contributed by atoms with Crippen LogP contribution in [0.25, 0.3) is 0 Å². The summed E-state index contributed by atoms with van der Waals surface area (Å²) < 4.78 is 26.5. The van der Waals surface area contributed by atoms with Crippen molar-refractivity contribution in [3.05, 3.63) is 60.2 Å². The molecule has 0 bridgehead atoms. The van der Waals surface area contributed by atoms with Gasteiger partial charge in [0.15, 0.2) is 0 Å². The van der Waals surface area contributed by atoms with E-state index in [0.29, 0.717) is 35.7 Å². The standard InChI is InChI=1S/C25H31N3O4S/c1-2-16-33(31,32)27-21-14-12-20(13-15-21)26-24(29)23-17-19-10-6-7-11-22(19)28(23)25(30)18-8-4-3-5-9-18/h3-5,8-9,12-15,19,22-23,27H,2,6-7,10-11,16-17H2,1H3,(H,26,29). The number of anilines is 2. The third kappa shape index (κ3) is 5.38. The van der Waals surface area contributed by atoms with Crippen molar-refractivity contribution < 1.29 is 18.0 Å². The van der Waals surface area contributed by atoms with Crippen molar-refractivity contribution in [3.8, 4) is 0 Å². The normalized spacial score (nSPS) is 22.5. The summed E-state index contributed by atoms with van der Waals surface area (Å²) in [7, 11) is -3.37. The first-order chi connectivity index (χ1) is 15.9. The van der Waals surface area contributed by atoms with Gasteiger partial charge in [0.25, 0.3) is 5.91 Å². The summed E-state index contributed by atoms with van der Waals surface area (Å²) in [6.45, 7) is 1.81. The van der Waals surface area contributed by atoms with E-state index in [1.54, 1.807) is 36.4 Å². The number of likely N-dealkylation sites (tertiary alicyclic amines) is 1. The van der Waals surface area contributed by atoms with Gasteiger partial charge in [0.05, 0.1) is 5.75 Å². The lowest BCUT2D eigenvalue weighted by molar-refractivity contribution is -0.120. The lowest BCUT2D eigenvalue weighted by atomic mass is 9.84. The maximum atomic E-state index is 13.4. The smallest absolute Gasteiger partial charge is 0.254 e. The molecule has 33 heavy (non-hydrogen) atoms. The predicted octanol–water partition coefficient (Wildman–Crippen LogP) is 4.25. The van der Waals surface area contributed by atoms with Gasteiger partial charge in [-0.25, -0.2) is 8.42 Å². The number of carbonyl (C=O) groups is 2. The van der Waals surface area contributed by atoms with Gasteiger partial charge in [-0.05, 0) is 68.0 Å². The van der Waals surface area contributed by atoms with Gasteiger partial charge in [-0.3, -0.25) is 14.3 Å². The van der Waals surface area contributed by atoms with Crippen molar-refractivity contribution in [1.82, 2.24) is 4.90 Å². The maximum absolute atomic E-state index is 13.4. The van der Waals surface area contributed by atoms with Crippen LogP contribution in [-0.2, 0) is 14.8 Å². The van der Waals surface area contributed by atoms with E-state index in [4.69, 9.17) is 0 Å². The lowest BCUT2D eigenvalue weighted by Crippen LogP contribution is -2.47. The van der Waals surface area contributed by atoms with E-state index in [0.717, 1.165) is 25.7 Å². The first-order valence-corrected chi connectivity index (χ1v) is 13.3. The van der Waals surface area contributed by atoms with Crippen LogP contribution in [0.5, 0.6) is 0 Å². The van der Waals surface area contributed by atoms with Crippen LogP contribution < -0.4 is 10.0 Å². The van der Waals surface area contributed by atoms with Gasteiger partial charge in [-0.1, -0.05) is 38.0 Å². The molecule has 176 valence electrons. The fourth-order valence-electron chi connectivity index (χ4n) is 5.06. The van der Waals surface area contributed by atoms with Gasteiger partial charge in [0.1, 0.15) is 6.04 Å². The first kappa shape index (κ1) is 23.3. The molecule has 2 aromatic carbocycles. The summed E-state index contributed by atoms with van der Waals surface area (Å²) in [6, 6.07) is 15.3. The molecule has 2 N–H and O–H groups in total. The Kier molecular flexibility index (Phi) is 7.02. The number of fused-ring (bicyclic) bond motifs is 1. The molecule has 2 aliphatic rings. The summed E-state index contributed by atoms with van der Waals surface area (Å²) in [5.41, 5.74) is 1.62. The summed E-state index contributed by atoms with van der Waals surface area (Å²) >= 11 is 0. The Hall–Kier alpha value is -2.87. The minimum absolute atomic E-state index is 0.0563. The minimum Gasteiger partial charge on any atom is -0.324 e. The van der Waals surface area contributed by atoms with E-state index in [-0.39, 0.29) is 23.6 Å². The predicted molar refractivity (Wildman–Crippen MR) is 130 cm³/mol. The molecule has 0 radical (unpaired) electrons.